The molecular formula is C25H21NO4S. The highest BCUT2D eigenvalue weighted by atomic mass is 32.2. The van der Waals surface area contributed by atoms with Gasteiger partial charge in [0.2, 0.25) is 9.84 Å². The highest BCUT2D eigenvalue weighted by Gasteiger charge is 2.28. The first kappa shape index (κ1) is 20.8. The molecule has 0 aliphatic rings. The number of pyridine rings is 1. The molecule has 31 heavy (non-hydrogen) atoms. The molecule has 0 saturated carbocycles. The molecule has 1 aromatic heterocycles. The molecule has 0 atom stereocenters. The number of nitrogens with zero attached hydrogens (tertiary/aromatic N) is 1. The van der Waals surface area contributed by atoms with Crippen LogP contribution in [0.5, 0.6) is 5.75 Å². The highest BCUT2D eigenvalue weighted by molar-refractivity contribution is 7.91. The molecule has 0 aliphatic heterocycles. The van der Waals surface area contributed by atoms with Gasteiger partial charge in [-0.1, -0.05) is 35.9 Å². The predicted octanol–water partition coefficient (Wildman–Crippen LogP) is 5.01. The zero-order valence-corrected chi connectivity index (χ0v) is 18.0. The average molecular weight is 432 g/mol. The molecule has 0 amide bonds. The lowest BCUT2D eigenvalue weighted by molar-refractivity contribution is 0.103. The number of hydrogen-bond acceptors (Lipinski definition) is 5. The molecule has 0 N–H and O–H groups in total. The minimum absolute atomic E-state index is 0.0270. The SMILES string of the molecule is CCOc1ccc(C(=O)c2cnc3ccccc3c2S(=O)(=O)c2ccc(C)cc2)cc1. The number of rotatable bonds is 6. The maximum atomic E-state index is 13.7. The van der Waals surface area contributed by atoms with Crippen LogP contribution in [0.15, 0.2) is 88.8 Å². The van der Waals surface area contributed by atoms with Crippen LogP contribution in [-0.2, 0) is 9.84 Å². The molecule has 0 unspecified atom stereocenters. The van der Waals surface area contributed by atoms with Crippen molar-refractivity contribution in [2.75, 3.05) is 6.61 Å². The summed E-state index contributed by atoms with van der Waals surface area (Å²) < 4.78 is 32.7. The Morgan fingerprint density at radius 3 is 2.29 bits per heavy atom. The van der Waals surface area contributed by atoms with Gasteiger partial charge >= 0.3 is 0 Å². The van der Waals surface area contributed by atoms with Crippen molar-refractivity contribution in [2.24, 2.45) is 0 Å². The summed E-state index contributed by atoms with van der Waals surface area (Å²) >= 11 is 0. The van der Waals surface area contributed by atoms with E-state index >= 15 is 0 Å². The molecule has 3 aromatic carbocycles. The van der Waals surface area contributed by atoms with Crippen LogP contribution in [0.25, 0.3) is 10.9 Å². The third-order valence-electron chi connectivity index (χ3n) is 5.00. The van der Waals surface area contributed by atoms with E-state index in [4.69, 9.17) is 4.74 Å². The lowest BCUT2D eigenvalue weighted by Gasteiger charge is -2.13. The van der Waals surface area contributed by atoms with E-state index in [-0.39, 0.29) is 15.4 Å². The third-order valence-corrected chi connectivity index (χ3v) is 6.87. The summed E-state index contributed by atoms with van der Waals surface area (Å²) in [5.74, 6) is 0.232. The number of para-hydroxylation sites is 1. The van der Waals surface area contributed by atoms with Crippen molar-refractivity contribution in [3.63, 3.8) is 0 Å². The number of aryl methyl sites for hydroxylation is 1. The summed E-state index contributed by atoms with van der Waals surface area (Å²) in [6.07, 6.45) is 1.35. The number of hydrogen-bond donors (Lipinski definition) is 0. The highest BCUT2D eigenvalue weighted by Crippen LogP contribution is 2.32. The number of benzene rings is 3. The fourth-order valence-corrected chi connectivity index (χ4v) is 5.05. The number of carbonyl (C=O) groups is 1. The van der Waals surface area contributed by atoms with Crippen LogP contribution >= 0.6 is 0 Å². The Morgan fingerprint density at radius 1 is 0.935 bits per heavy atom. The van der Waals surface area contributed by atoms with Crippen molar-refractivity contribution >= 4 is 26.5 Å². The van der Waals surface area contributed by atoms with Crippen molar-refractivity contribution in [1.29, 1.82) is 0 Å². The molecule has 1 heterocycles. The van der Waals surface area contributed by atoms with Gasteiger partial charge in [-0.25, -0.2) is 8.42 Å². The molecule has 0 radical (unpaired) electrons. The molecular weight excluding hydrogens is 410 g/mol. The van der Waals surface area contributed by atoms with Crippen molar-refractivity contribution < 1.29 is 17.9 Å². The third kappa shape index (κ3) is 3.94. The van der Waals surface area contributed by atoms with Gasteiger partial charge in [-0.2, -0.15) is 0 Å². The largest absolute Gasteiger partial charge is 0.494 e. The van der Waals surface area contributed by atoms with Crippen LogP contribution in [0.3, 0.4) is 0 Å². The Bertz CT molecular complexity index is 1360. The molecule has 0 spiro atoms. The fourth-order valence-electron chi connectivity index (χ4n) is 3.43. The fraction of sp³-hybridized carbons (Fsp3) is 0.120. The Morgan fingerprint density at radius 2 is 1.61 bits per heavy atom. The summed E-state index contributed by atoms with van der Waals surface area (Å²) in [7, 11) is -3.97. The van der Waals surface area contributed by atoms with Gasteiger partial charge in [-0.3, -0.25) is 9.78 Å². The van der Waals surface area contributed by atoms with Gasteiger partial charge in [0, 0.05) is 17.1 Å². The van der Waals surface area contributed by atoms with Crippen LogP contribution in [0.1, 0.15) is 28.4 Å². The zero-order valence-electron chi connectivity index (χ0n) is 17.2. The molecule has 0 saturated heterocycles. The molecule has 0 aliphatic carbocycles. The van der Waals surface area contributed by atoms with Crippen LogP contribution in [-0.4, -0.2) is 25.8 Å². The maximum Gasteiger partial charge on any atom is 0.208 e. The first-order valence-corrected chi connectivity index (χ1v) is 11.4. The van der Waals surface area contributed by atoms with Gasteiger partial charge in [0.15, 0.2) is 5.78 Å². The summed E-state index contributed by atoms with van der Waals surface area (Å²) in [6.45, 7) is 4.28. The van der Waals surface area contributed by atoms with Gasteiger partial charge in [0.1, 0.15) is 5.75 Å². The van der Waals surface area contributed by atoms with E-state index in [0.717, 1.165) is 5.56 Å². The number of aromatic nitrogens is 1. The van der Waals surface area contributed by atoms with Crippen molar-refractivity contribution in [1.82, 2.24) is 4.98 Å². The standard InChI is InChI=1S/C25H21NO4S/c1-3-30-19-12-10-18(11-13-19)24(27)22-16-26-23-7-5-4-6-21(23)25(22)31(28,29)20-14-8-17(2)9-15-20/h4-16H,3H2,1-2H3. The van der Waals surface area contributed by atoms with Crippen molar-refractivity contribution in [2.45, 2.75) is 23.6 Å². The number of fused-ring (bicyclic) bond motifs is 1. The van der Waals surface area contributed by atoms with E-state index in [0.29, 0.717) is 28.8 Å². The lowest BCUT2D eigenvalue weighted by Crippen LogP contribution is -2.12. The predicted molar refractivity (Wildman–Crippen MR) is 119 cm³/mol. The van der Waals surface area contributed by atoms with Gasteiger partial charge in [-0.05, 0) is 56.3 Å². The van der Waals surface area contributed by atoms with Crippen molar-refractivity contribution in [3.8, 4) is 5.75 Å². The van der Waals surface area contributed by atoms with Crippen LogP contribution in [0, 0.1) is 6.92 Å². The number of ether oxygens (including phenoxy) is 1. The van der Waals surface area contributed by atoms with Crippen LogP contribution < -0.4 is 4.74 Å². The number of carbonyl (C=O) groups excluding carboxylic acids is 1. The molecule has 156 valence electrons. The van der Waals surface area contributed by atoms with E-state index in [9.17, 15) is 13.2 Å². The van der Waals surface area contributed by atoms with E-state index in [1.165, 1.54) is 6.20 Å². The Balaban J connectivity index is 1.92. The summed E-state index contributed by atoms with van der Waals surface area (Å²) in [5, 5.41) is 0.417. The summed E-state index contributed by atoms with van der Waals surface area (Å²) in [4.78, 5) is 17.8. The normalized spacial score (nSPS) is 11.4. The Hall–Kier alpha value is -3.51. The minimum Gasteiger partial charge on any atom is -0.494 e. The summed E-state index contributed by atoms with van der Waals surface area (Å²) in [5.41, 5.74) is 1.87. The topological polar surface area (TPSA) is 73.3 Å². The molecule has 4 aromatic rings. The maximum absolute atomic E-state index is 13.7. The minimum atomic E-state index is -3.97. The number of sulfone groups is 1. The molecule has 0 bridgehead atoms. The second kappa shape index (κ2) is 8.32. The van der Waals surface area contributed by atoms with E-state index < -0.39 is 15.6 Å². The van der Waals surface area contributed by atoms with Crippen LogP contribution in [0.2, 0.25) is 0 Å². The monoisotopic (exact) mass is 431 g/mol. The molecule has 4 rings (SSSR count). The second-order valence-corrected chi connectivity index (χ2v) is 9.01. The van der Waals surface area contributed by atoms with E-state index in [1.54, 1.807) is 72.8 Å². The van der Waals surface area contributed by atoms with E-state index in [1.807, 2.05) is 13.8 Å². The first-order chi connectivity index (χ1) is 14.9. The Kier molecular flexibility index (Phi) is 5.57. The smallest absolute Gasteiger partial charge is 0.208 e. The zero-order chi connectivity index (χ0) is 22.0. The first-order valence-electron chi connectivity index (χ1n) is 9.89. The van der Waals surface area contributed by atoms with Crippen LogP contribution in [0.4, 0.5) is 0 Å². The van der Waals surface area contributed by atoms with Gasteiger partial charge in [0.25, 0.3) is 0 Å². The number of ketones is 1. The summed E-state index contributed by atoms with van der Waals surface area (Å²) in [6, 6.07) is 20.2. The lowest BCUT2D eigenvalue weighted by atomic mass is 10.0. The van der Waals surface area contributed by atoms with Gasteiger partial charge in [-0.15, -0.1) is 0 Å². The molecule has 0 fully saturated rings. The van der Waals surface area contributed by atoms with Gasteiger partial charge < -0.3 is 4.74 Å². The van der Waals surface area contributed by atoms with E-state index in [2.05, 4.69) is 4.98 Å². The molecule has 6 heteroatoms. The quantitative estimate of drug-likeness (QED) is 0.402. The molecule has 5 nitrogen and oxygen atoms in total. The Labute approximate surface area is 181 Å². The average Bonchev–Trinajstić information content (AvgIpc) is 2.79. The van der Waals surface area contributed by atoms with Crippen molar-refractivity contribution in [3.05, 3.63) is 95.7 Å². The van der Waals surface area contributed by atoms with Gasteiger partial charge in [0.05, 0.1) is 27.5 Å². The second-order valence-electron chi connectivity index (χ2n) is 7.12.